The highest BCUT2D eigenvalue weighted by Crippen LogP contribution is 2.20. The van der Waals surface area contributed by atoms with Gasteiger partial charge in [0.25, 0.3) is 0 Å². The van der Waals surface area contributed by atoms with Gasteiger partial charge in [-0.3, -0.25) is 9.69 Å². The van der Waals surface area contributed by atoms with E-state index in [9.17, 15) is 9.90 Å². The molecule has 1 saturated heterocycles. The molecule has 0 spiro atoms. The van der Waals surface area contributed by atoms with E-state index in [1.54, 1.807) is 0 Å². The number of carbonyl (C=O) groups excluding carboxylic acids is 1. The second kappa shape index (κ2) is 8.79. The number of nitrogens with one attached hydrogen (secondary N) is 1. The van der Waals surface area contributed by atoms with Crippen LogP contribution in [0.3, 0.4) is 0 Å². The number of hydrogen-bond donors (Lipinski definition) is 2. The van der Waals surface area contributed by atoms with Gasteiger partial charge in [-0.2, -0.15) is 0 Å². The Hall–Kier alpha value is -2.17. The maximum Gasteiger partial charge on any atom is 0.234 e. The summed E-state index contributed by atoms with van der Waals surface area (Å²) < 4.78 is 0. The summed E-state index contributed by atoms with van der Waals surface area (Å²) >= 11 is 0. The van der Waals surface area contributed by atoms with Crippen molar-refractivity contribution in [3.63, 3.8) is 0 Å². The molecule has 4 heteroatoms. The number of rotatable bonds is 7. The van der Waals surface area contributed by atoms with Crippen molar-refractivity contribution in [1.82, 2.24) is 10.2 Å². The molecule has 0 saturated carbocycles. The minimum absolute atomic E-state index is 0.0186. The smallest absolute Gasteiger partial charge is 0.234 e. The molecule has 2 aromatic carbocycles. The summed E-state index contributed by atoms with van der Waals surface area (Å²) in [6, 6.07) is 20.4. The van der Waals surface area contributed by atoms with E-state index >= 15 is 0 Å². The minimum Gasteiger partial charge on any atom is -0.395 e. The largest absolute Gasteiger partial charge is 0.395 e. The molecule has 25 heavy (non-hydrogen) atoms. The van der Waals surface area contributed by atoms with Crippen LogP contribution in [0.2, 0.25) is 0 Å². The SMILES string of the molecule is O=C(CN1CCC[C@@H]1CO)NC(Cc1ccccc1)c1ccccc1. The van der Waals surface area contributed by atoms with Gasteiger partial charge in [-0.15, -0.1) is 0 Å². The van der Waals surface area contributed by atoms with Gasteiger partial charge < -0.3 is 10.4 Å². The number of nitrogens with zero attached hydrogens (tertiary/aromatic N) is 1. The van der Waals surface area contributed by atoms with Gasteiger partial charge in [0.15, 0.2) is 0 Å². The molecule has 1 aliphatic rings. The molecule has 0 bridgehead atoms. The van der Waals surface area contributed by atoms with Crippen LogP contribution >= 0.6 is 0 Å². The highest BCUT2D eigenvalue weighted by atomic mass is 16.3. The fourth-order valence-electron chi connectivity index (χ4n) is 3.52. The number of amides is 1. The van der Waals surface area contributed by atoms with E-state index in [0.717, 1.165) is 31.4 Å². The van der Waals surface area contributed by atoms with Gasteiger partial charge in [-0.1, -0.05) is 60.7 Å². The van der Waals surface area contributed by atoms with Crippen LogP contribution in [0.1, 0.15) is 30.0 Å². The summed E-state index contributed by atoms with van der Waals surface area (Å²) in [4.78, 5) is 14.7. The normalized spacial score (nSPS) is 18.8. The van der Waals surface area contributed by atoms with Crippen LogP contribution in [0.4, 0.5) is 0 Å². The van der Waals surface area contributed by atoms with Crippen molar-refractivity contribution in [2.75, 3.05) is 19.7 Å². The topological polar surface area (TPSA) is 52.6 Å². The first-order valence-corrected chi connectivity index (χ1v) is 8.99. The molecule has 2 atom stereocenters. The van der Waals surface area contributed by atoms with E-state index in [1.165, 1.54) is 5.56 Å². The van der Waals surface area contributed by atoms with Crippen LogP contribution in [-0.2, 0) is 11.2 Å². The van der Waals surface area contributed by atoms with E-state index in [1.807, 2.05) is 36.4 Å². The van der Waals surface area contributed by atoms with Gasteiger partial charge in [0, 0.05) is 6.04 Å². The molecule has 132 valence electrons. The van der Waals surface area contributed by atoms with E-state index in [4.69, 9.17) is 0 Å². The lowest BCUT2D eigenvalue weighted by Gasteiger charge is -2.25. The standard InChI is InChI=1S/C21H26N2O2/c24-16-19-12-7-13-23(19)15-21(25)22-20(18-10-5-2-6-11-18)14-17-8-3-1-4-9-17/h1-6,8-11,19-20,24H,7,12-16H2,(H,22,25)/t19-,20?/m1/s1. The summed E-state index contributed by atoms with van der Waals surface area (Å²) in [6.45, 7) is 1.36. The predicted octanol–water partition coefficient (Wildman–Crippen LogP) is 2.54. The van der Waals surface area contributed by atoms with Crippen LogP contribution in [0.15, 0.2) is 60.7 Å². The molecular formula is C21H26N2O2. The highest BCUT2D eigenvalue weighted by molar-refractivity contribution is 5.78. The fraction of sp³-hybridized carbons (Fsp3) is 0.381. The highest BCUT2D eigenvalue weighted by Gasteiger charge is 2.26. The third-order valence-electron chi connectivity index (χ3n) is 4.88. The maximum atomic E-state index is 12.6. The van der Waals surface area contributed by atoms with Crippen molar-refractivity contribution in [2.24, 2.45) is 0 Å². The van der Waals surface area contributed by atoms with Gasteiger partial charge in [-0.25, -0.2) is 0 Å². The summed E-state index contributed by atoms with van der Waals surface area (Å²) in [5, 5.41) is 12.6. The first-order chi connectivity index (χ1) is 12.3. The lowest BCUT2D eigenvalue weighted by molar-refractivity contribution is -0.123. The lowest BCUT2D eigenvalue weighted by atomic mass is 9.99. The van der Waals surface area contributed by atoms with E-state index in [2.05, 4.69) is 34.5 Å². The molecule has 1 fully saturated rings. The molecule has 2 N–H and O–H groups in total. The zero-order valence-electron chi connectivity index (χ0n) is 14.5. The van der Waals surface area contributed by atoms with Crippen molar-refractivity contribution in [3.05, 3.63) is 71.8 Å². The molecule has 1 unspecified atom stereocenters. The number of hydrogen-bond acceptors (Lipinski definition) is 3. The first kappa shape index (κ1) is 17.6. The number of aliphatic hydroxyl groups excluding tert-OH is 1. The average Bonchev–Trinajstić information content (AvgIpc) is 3.10. The predicted molar refractivity (Wildman–Crippen MR) is 99.2 cm³/mol. The molecule has 0 aromatic heterocycles. The molecule has 2 aromatic rings. The van der Waals surface area contributed by atoms with Crippen LogP contribution in [-0.4, -0.2) is 41.7 Å². The van der Waals surface area contributed by atoms with E-state index in [0.29, 0.717) is 6.54 Å². The monoisotopic (exact) mass is 338 g/mol. The Morgan fingerprint density at radius 2 is 1.80 bits per heavy atom. The number of carbonyl (C=O) groups is 1. The first-order valence-electron chi connectivity index (χ1n) is 8.99. The van der Waals surface area contributed by atoms with Crippen molar-refractivity contribution < 1.29 is 9.90 Å². The molecule has 1 amide bonds. The Balaban J connectivity index is 1.68. The van der Waals surface area contributed by atoms with Gasteiger partial charge in [0.2, 0.25) is 5.91 Å². The summed E-state index contributed by atoms with van der Waals surface area (Å²) in [6.07, 6.45) is 2.78. The summed E-state index contributed by atoms with van der Waals surface area (Å²) in [7, 11) is 0. The average molecular weight is 338 g/mol. The van der Waals surface area contributed by atoms with Crippen molar-refractivity contribution >= 4 is 5.91 Å². The zero-order chi connectivity index (χ0) is 17.5. The van der Waals surface area contributed by atoms with E-state index in [-0.39, 0.29) is 24.6 Å². The number of likely N-dealkylation sites (tertiary alicyclic amines) is 1. The minimum atomic E-state index is -0.0497. The van der Waals surface area contributed by atoms with Crippen LogP contribution in [0, 0.1) is 0 Å². The van der Waals surface area contributed by atoms with E-state index < -0.39 is 0 Å². The van der Waals surface area contributed by atoms with Crippen LogP contribution in [0.25, 0.3) is 0 Å². The summed E-state index contributed by atoms with van der Waals surface area (Å²) in [5.74, 6) is 0.0186. The molecule has 0 aliphatic carbocycles. The van der Waals surface area contributed by atoms with Crippen LogP contribution < -0.4 is 5.32 Å². The third kappa shape index (κ3) is 4.91. The Kier molecular flexibility index (Phi) is 6.20. The lowest BCUT2D eigenvalue weighted by Crippen LogP contribution is -2.42. The van der Waals surface area contributed by atoms with Crippen molar-refractivity contribution in [2.45, 2.75) is 31.3 Å². The van der Waals surface area contributed by atoms with Crippen molar-refractivity contribution in [3.8, 4) is 0 Å². The van der Waals surface area contributed by atoms with Crippen LogP contribution in [0.5, 0.6) is 0 Å². The molecule has 0 radical (unpaired) electrons. The Morgan fingerprint density at radius 3 is 2.48 bits per heavy atom. The molecular weight excluding hydrogens is 312 g/mol. The molecule has 1 aliphatic heterocycles. The Morgan fingerprint density at radius 1 is 1.12 bits per heavy atom. The molecule has 1 heterocycles. The van der Waals surface area contributed by atoms with Gasteiger partial charge in [0.1, 0.15) is 0 Å². The second-order valence-electron chi connectivity index (χ2n) is 6.67. The Bertz CT molecular complexity index is 660. The quantitative estimate of drug-likeness (QED) is 0.816. The third-order valence-corrected chi connectivity index (χ3v) is 4.88. The van der Waals surface area contributed by atoms with Gasteiger partial charge in [-0.05, 0) is 36.9 Å². The number of aliphatic hydroxyl groups is 1. The van der Waals surface area contributed by atoms with Crippen molar-refractivity contribution in [1.29, 1.82) is 0 Å². The number of benzene rings is 2. The van der Waals surface area contributed by atoms with Gasteiger partial charge >= 0.3 is 0 Å². The maximum absolute atomic E-state index is 12.6. The zero-order valence-corrected chi connectivity index (χ0v) is 14.5. The Labute approximate surface area is 149 Å². The molecule has 3 rings (SSSR count). The molecule has 4 nitrogen and oxygen atoms in total. The second-order valence-corrected chi connectivity index (χ2v) is 6.67. The summed E-state index contributed by atoms with van der Waals surface area (Å²) in [5.41, 5.74) is 2.31. The van der Waals surface area contributed by atoms with Gasteiger partial charge in [0.05, 0.1) is 19.2 Å². The fourth-order valence-corrected chi connectivity index (χ4v) is 3.52.